The van der Waals surface area contributed by atoms with Gasteiger partial charge in [0, 0.05) is 17.8 Å². The van der Waals surface area contributed by atoms with Crippen molar-refractivity contribution in [3.05, 3.63) is 48.5 Å². The van der Waals surface area contributed by atoms with Gasteiger partial charge in [0.2, 0.25) is 0 Å². The number of carbonyl (C=O) groups excluding carboxylic acids is 1. The van der Waals surface area contributed by atoms with Crippen LogP contribution in [0.4, 0.5) is 5.69 Å². The second kappa shape index (κ2) is 7.36. The molecule has 1 N–H and O–H groups in total. The molecule has 1 atom stereocenters. The number of nitrogens with one attached hydrogen (secondary N) is 1. The monoisotopic (exact) mass is 301 g/mol. The predicted octanol–water partition coefficient (Wildman–Crippen LogP) is 3.11. The fraction of sp³-hybridized carbons (Fsp3) is 0.235. The molecule has 1 unspecified atom stereocenters. The van der Waals surface area contributed by atoms with E-state index in [9.17, 15) is 4.79 Å². The first kappa shape index (κ1) is 15.7. The first-order chi connectivity index (χ1) is 10.6. The first-order valence-corrected chi connectivity index (χ1v) is 6.88. The lowest BCUT2D eigenvalue weighted by atomic mass is 10.2. The van der Waals surface area contributed by atoms with E-state index in [0.29, 0.717) is 22.9 Å². The molecule has 0 saturated carbocycles. The van der Waals surface area contributed by atoms with Crippen LogP contribution in [0.3, 0.4) is 0 Å². The Kier molecular flexibility index (Phi) is 5.25. The summed E-state index contributed by atoms with van der Waals surface area (Å²) in [4.78, 5) is 12.2. The van der Waals surface area contributed by atoms with Gasteiger partial charge < -0.3 is 19.5 Å². The average molecular weight is 301 g/mol. The molecule has 0 bridgehead atoms. The molecule has 0 heterocycles. The molecule has 0 saturated heterocycles. The van der Waals surface area contributed by atoms with Gasteiger partial charge in [-0.2, -0.15) is 0 Å². The lowest BCUT2D eigenvalue weighted by Gasteiger charge is -2.15. The minimum absolute atomic E-state index is 0.240. The summed E-state index contributed by atoms with van der Waals surface area (Å²) in [7, 11) is 3.16. The zero-order valence-corrected chi connectivity index (χ0v) is 12.8. The van der Waals surface area contributed by atoms with Gasteiger partial charge >= 0.3 is 0 Å². The summed E-state index contributed by atoms with van der Waals surface area (Å²) in [6, 6.07) is 14.3. The number of rotatable bonds is 6. The van der Waals surface area contributed by atoms with Crippen molar-refractivity contribution in [2.24, 2.45) is 0 Å². The Morgan fingerprint density at radius 1 is 0.955 bits per heavy atom. The lowest BCUT2D eigenvalue weighted by molar-refractivity contribution is -0.122. The number of anilines is 1. The molecule has 1 amide bonds. The molecule has 2 aromatic rings. The molecule has 2 aromatic carbocycles. The summed E-state index contributed by atoms with van der Waals surface area (Å²) in [6.45, 7) is 1.69. The van der Waals surface area contributed by atoms with Crippen LogP contribution in [0.5, 0.6) is 17.2 Å². The van der Waals surface area contributed by atoms with Crippen molar-refractivity contribution in [2.75, 3.05) is 19.5 Å². The summed E-state index contributed by atoms with van der Waals surface area (Å²) in [6.07, 6.45) is -0.640. The van der Waals surface area contributed by atoms with Crippen molar-refractivity contribution < 1.29 is 19.0 Å². The van der Waals surface area contributed by atoms with Gasteiger partial charge in [0.15, 0.2) is 6.10 Å². The summed E-state index contributed by atoms with van der Waals surface area (Å²) in [5.41, 5.74) is 0.658. The number of amides is 1. The van der Waals surface area contributed by atoms with Crippen molar-refractivity contribution in [3.63, 3.8) is 0 Å². The van der Waals surface area contributed by atoms with E-state index in [1.165, 1.54) is 0 Å². The zero-order valence-electron chi connectivity index (χ0n) is 12.8. The average Bonchev–Trinajstić information content (AvgIpc) is 2.55. The quantitative estimate of drug-likeness (QED) is 0.890. The minimum Gasteiger partial charge on any atom is -0.497 e. The number of hydrogen-bond acceptors (Lipinski definition) is 4. The van der Waals surface area contributed by atoms with Gasteiger partial charge in [0.1, 0.15) is 17.2 Å². The summed E-state index contributed by atoms with van der Waals surface area (Å²) in [5, 5.41) is 2.79. The van der Waals surface area contributed by atoms with Crippen LogP contribution in [0.25, 0.3) is 0 Å². The maximum absolute atomic E-state index is 12.2. The van der Waals surface area contributed by atoms with Gasteiger partial charge in [0.25, 0.3) is 5.91 Å². The smallest absolute Gasteiger partial charge is 0.265 e. The zero-order chi connectivity index (χ0) is 15.9. The topological polar surface area (TPSA) is 56.8 Å². The third-order valence-electron chi connectivity index (χ3n) is 3.06. The molecule has 0 spiro atoms. The van der Waals surface area contributed by atoms with Crippen LogP contribution < -0.4 is 19.5 Å². The van der Waals surface area contributed by atoms with E-state index in [2.05, 4.69) is 5.32 Å². The van der Waals surface area contributed by atoms with Gasteiger partial charge in [-0.05, 0) is 31.2 Å². The Balaban J connectivity index is 1.99. The SMILES string of the molecule is COc1cccc(NC(=O)C(C)Oc2cccc(OC)c2)c1. The van der Waals surface area contributed by atoms with Crippen LogP contribution in [0.1, 0.15) is 6.92 Å². The Hall–Kier alpha value is -2.69. The third-order valence-corrected chi connectivity index (χ3v) is 3.06. The van der Waals surface area contributed by atoms with Crippen LogP contribution in [0.15, 0.2) is 48.5 Å². The fourth-order valence-corrected chi connectivity index (χ4v) is 1.88. The van der Waals surface area contributed by atoms with E-state index in [1.54, 1.807) is 51.5 Å². The van der Waals surface area contributed by atoms with E-state index in [0.717, 1.165) is 0 Å². The van der Waals surface area contributed by atoms with E-state index < -0.39 is 6.10 Å². The molecule has 0 aliphatic carbocycles. The molecule has 22 heavy (non-hydrogen) atoms. The van der Waals surface area contributed by atoms with Crippen molar-refractivity contribution in [2.45, 2.75) is 13.0 Å². The summed E-state index contributed by atoms with van der Waals surface area (Å²) < 4.78 is 15.9. The van der Waals surface area contributed by atoms with Crippen molar-refractivity contribution in [1.29, 1.82) is 0 Å². The Labute approximate surface area is 129 Å². The third kappa shape index (κ3) is 4.15. The fourth-order valence-electron chi connectivity index (χ4n) is 1.88. The highest BCUT2D eigenvalue weighted by Gasteiger charge is 2.15. The Morgan fingerprint density at radius 2 is 1.55 bits per heavy atom. The van der Waals surface area contributed by atoms with Crippen LogP contribution in [0, 0.1) is 0 Å². The molecule has 0 radical (unpaired) electrons. The largest absolute Gasteiger partial charge is 0.497 e. The van der Waals surface area contributed by atoms with E-state index in [-0.39, 0.29) is 5.91 Å². The van der Waals surface area contributed by atoms with Crippen LogP contribution in [-0.2, 0) is 4.79 Å². The first-order valence-electron chi connectivity index (χ1n) is 6.88. The standard InChI is InChI=1S/C17H19NO4/c1-12(22-16-9-5-8-15(11-16)21-3)17(19)18-13-6-4-7-14(10-13)20-2/h4-12H,1-3H3,(H,18,19). The number of ether oxygens (including phenoxy) is 3. The molecule has 5 heteroatoms. The number of benzene rings is 2. The molecule has 5 nitrogen and oxygen atoms in total. The molecule has 2 rings (SSSR count). The van der Waals surface area contributed by atoms with Crippen LogP contribution >= 0.6 is 0 Å². The Bertz CT molecular complexity index is 642. The van der Waals surface area contributed by atoms with Crippen molar-refractivity contribution in [1.82, 2.24) is 0 Å². The van der Waals surface area contributed by atoms with Crippen molar-refractivity contribution in [3.8, 4) is 17.2 Å². The predicted molar refractivity (Wildman–Crippen MR) is 84.7 cm³/mol. The van der Waals surface area contributed by atoms with E-state index >= 15 is 0 Å². The number of hydrogen-bond donors (Lipinski definition) is 1. The number of carbonyl (C=O) groups is 1. The van der Waals surface area contributed by atoms with Gasteiger partial charge in [0.05, 0.1) is 14.2 Å². The molecule has 116 valence electrons. The molecular formula is C17H19NO4. The maximum Gasteiger partial charge on any atom is 0.265 e. The highest BCUT2D eigenvalue weighted by Crippen LogP contribution is 2.21. The molecule has 0 aliphatic rings. The normalized spacial score (nSPS) is 11.4. The summed E-state index contributed by atoms with van der Waals surface area (Å²) >= 11 is 0. The Morgan fingerprint density at radius 3 is 2.23 bits per heavy atom. The van der Waals surface area contributed by atoms with E-state index in [1.807, 2.05) is 18.2 Å². The number of methoxy groups -OCH3 is 2. The van der Waals surface area contributed by atoms with Crippen LogP contribution in [0.2, 0.25) is 0 Å². The lowest BCUT2D eigenvalue weighted by Crippen LogP contribution is -2.30. The summed E-state index contributed by atoms with van der Waals surface area (Å²) in [5.74, 6) is 1.70. The van der Waals surface area contributed by atoms with Gasteiger partial charge in [-0.3, -0.25) is 4.79 Å². The second-order valence-electron chi connectivity index (χ2n) is 4.66. The molecule has 0 aliphatic heterocycles. The maximum atomic E-state index is 12.2. The highest BCUT2D eigenvalue weighted by molar-refractivity contribution is 5.94. The highest BCUT2D eigenvalue weighted by atomic mass is 16.5. The molecule has 0 fully saturated rings. The molecular weight excluding hydrogens is 282 g/mol. The van der Waals surface area contributed by atoms with Gasteiger partial charge in [-0.15, -0.1) is 0 Å². The second-order valence-corrected chi connectivity index (χ2v) is 4.66. The van der Waals surface area contributed by atoms with Gasteiger partial charge in [-0.25, -0.2) is 0 Å². The van der Waals surface area contributed by atoms with Crippen LogP contribution in [-0.4, -0.2) is 26.2 Å². The minimum atomic E-state index is -0.640. The molecule has 0 aromatic heterocycles. The van der Waals surface area contributed by atoms with E-state index in [4.69, 9.17) is 14.2 Å². The van der Waals surface area contributed by atoms with Crippen molar-refractivity contribution >= 4 is 11.6 Å². The van der Waals surface area contributed by atoms with Gasteiger partial charge in [-0.1, -0.05) is 12.1 Å².